The molecular formula is C17H18N2O2S. The molecule has 0 N–H and O–H groups in total. The standard InChI is InChI=1S/C17H18N2O2S/c1-18-6-8-19(9-7-18)17(20)15-10-12-11-21-14-5-3-2-4-13(14)16(12)22-15/h2-5,10H,6-9,11H2,1H3. The average Bonchev–Trinajstić information content (AvgIpc) is 2.99. The van der Waals surface area contributed by atoms with Crippen LogP contribution in [-0.2, 0) is 6.61 Å². The van der Waals surface area contributed by atoms with Gasteiger partial charge in [0.25, 0.3) is 5.91 Å². The van der Waals surface area contributed by atoms with Gasteiger partial charge in [0, 0.05) is 42.2 Å². The number of carbonyl (C=O) groups is 1. The van der Waals surface area contributed by atoms with E-state index < -0.39 is 0 Å². The fourth-order valence-corrected chi connectivity index (χ4v) is 4.14. The van der Waals surface area contributed by atoms with Crippen LogP contribution in [0.25, 0.3) is 10.4 Å². The molecule has 2 aliphatic rings. The number of rotatable bonds is 1. The van der Waals surface area contributed by atoms with Crippen molar-refractivity contribution in [1.82, 2.24) is 9.80 Å². The molecular weight excluding hydrogens is 296 g/mol. The number of thiophene rings is 1. The first-order valence-electron chi connectivity index (χ1n) is 7.55. The third-order valence-electron chi connectivity index (χ3n) is 4.33. The van der Waals surface area contributed by atoms with Gasteiger partial charge in [0.2, 0.25) is 0 Å². The predicted octanol–water partition coefficient (Wildman–Crippen LogP) is 2.70. The molecule has 114 valence electrons. The monoisotopic (exact) mass is 314 g/mol. The van der Waals surface area contributed by atoms with Gasteiger partial charge in [-0.15, -0.1) is 11.3 Å². The molecule has 0 saturated carbocycles. The molecule has 0 atom stereocenters. The Kier molecular flexibility index (Phi) is 3.39. The van der Waals surface area contributed by atoms with E-state index in [0.29, 0.717) is 6.61 Å². The van der Waals surface area contributed by atoms with Crippen molar-refractivity contribution in [2.75, 3.05) is 33.2 Å². The van der Waals surface area contributed by atoms with E-state index in [2.05, 4.69) is 18.0 Å². The van der Waals surface area contributed by atoms with Gasteiger partial charge in [0.15, 0.2) is 0 Å². The summed E-state index contributed by atoms with van der Waals surface area (Å²) in [5.41, 5.74) is 2.23. The number of hydrogen-bond donors (Lipinski definition) is 0. The highest BCUT2D eigenvalue weighted by molar-refractivity contribution is 7.17. The largest absolute Gasteiger partial charge is 0.488 e. The molecule has 2 aliphatic heterocycles. The van der Waals surface area contributed by atoms with Gasteiger partial charge in [0.05, 0.1) is 4.88 Å². The Morgan fingerprint density at radius 1 is 1.18 bits per heavy atom. The first kappa shape index (κ1) is 13.8. The third kappa shape index (κ3) is 2.30. The Balaban J connectivity index is 1.63. The van der Waals surface area contributed by atoms with E-state index in [9.17, 15) is 4.79 Å². The lowest BCUT2D eigenvalue weighted by Gasteiger charge is -2.32. The number of likely N-dealkylation sites (N-methyl/N-ethyl adjacent to an activating group) is 1. The topological polar surface area (TPSA) is 32.8 Å². The zero-order chi connectivity index (χ0) is 15.1. The SMILES string of the molecule is CN1CCN(C(=O)c2cc3c(s2)-c2ccccc2OC3)CC1. The van der Waals surface area contributed by atoms with E-state index in [0.717, 1.165) is 47.9 Å². The fraction of sp³-hybridized carbons (Fsp3) is 0.353. The molecule has 0 spiro atoms. The summed E-state index contributed by atoms with van der Waals surface area (Å²) >= 11 is 1.60. The van der Waals surface area contributed by atoms with E-state index in [-0.39, 0.29) is 5.91 Å². The fourth-order valence-electron chi connectivity index (χ4n) is 2.97. The van der Waals surface area contributed by atoms with Crippen molar-refractivity contribution in [3.8, 4) is 16.2 Å². The molecule has 1 aromatic heterocycles. The number of amides is 1. The van der Waals surface area contributed by atoms with Crippen molar-refractivity contribution in [2.45, 2.75) is 6.61 Å². The Morgan fingerprint density at radius 2 is 1.95 bits per heavy atom. The summed E-state index contributed by atoms with van der Waals surface area (Å²) in [6, 6.07) is 10.1. The molecule has 4 rings (SSSR count). The first-order chi connectivity index (χ1) is 10.7. The summed E-state index contributed by atoms with van der Waals surface area (Å²) in [6.45, 7) is 4.07. The van der Waals surface area contributed by atoms with Crippen molar-refractivity contribution < 1.29 is 9.53 Å². The van der Waals surface area contributed by atoms with Crippen LogP contribution in [0.3, 0.4) is 0 Å². The van der Waals surface area contributed by atoms with Gasteiger partial charge in [-0.05, 0) is 25.2 Å². The van der Waals surface area contributed by atoms with E-state index in [4.69, 9.17) is 4.74 Å². The summed E-state index contributed by atoms with van der Waals surface area (Å²) in [6.07, 6.45) is 0. The summed E-state index contributed by atoms with van der Waals surface area (Å²) in [5, 5.41) is 0. The van der Waals surface area contributed by atoms with E-state index in [1.54, 1.807) is 11.3 Å². The van der Waals surface area contributed by atoms with Crippen LogP contribution in [0, 0.1) is 0 Å². The summed E-state index contributed by atoms with van der Waals surface area (Å²) in [4.78, 5) is 18.9. The van der Waals surface area contributed by atoms with Gasteiger partial charge in [-0.25, -0.2) is 0 Å². The molecule has 0 aliphatic carbocycles. The molecule has 1 amide bonds. The van der Waals surface area contributed by atoms with Crippen LogP contribution in [0.2, 0.25) is 0 Å². The molecule has 5 heteroatoms. The molecule has 2 aromatic rings. The maximum atomic E-state index is 12.7. The number of para-hydroxylation sites is 1. The second kappa shape index (κ2) is 5.41. The number of ether oxygens (including phenoxy) is 1. The van der Waals surface area contributed by atoms with E-state index in [1.165, 1.54) is 4.88 Å². The molecule has 0 bridgehead atoms. The maximum Gasteiger partial charge on any atom is 0.264 e. The van der Waals surface area contributed by atoms with Crippen molar-refractivity contribution in [2.24, 2.45) is 0 Å². The normalized spacial score (nSPS) is 17.6. The van der Waals surface area contributed by atoms with Crippen molar-refractivity contribution in [1.29, 1.82) is 0 Å². The molecule has 22 heavy (non-hydrogen) atoms. The number of nitrogens with zero attached hydrogens (tertiary/aromatic N) is 2. The number of hydrogen-bond acceptors (Lipinski definition) is 4. The molecule has 1 aromatic carbocycles. The molecule has 0 radical (unpaired) electrons. The van der Waals surface area contributed by atoms with Gasteiger partial charge in [-0.3, -0.25) is 4.79 Å². The number of piperazine rings is 1. The molecule has 1 fully saturated rings. The zero-order valence-corrected chi connectivity index (χ0v) is 13.4. The van der Waals surface area contributed by atoms with Crippen LogP contribution in [-0.4, -0.2) is 48.9 Å². The number of fused-ring (bicyclic) bond motifs is 3. The highest BCUT2D eigenvalue weighted by Gasteiger charge is 2.26. The highest BCUT2D eigenvalue weighted by atomic mass is 32.1. The second-order valence-corrected chi connectivity index (χ2v) is 6.90. The Labute approximate surface area is 133 Å². The van der Waals surface area contributed by atoms with Gasteiger partial charge < -0.3 is 14.5 Å². The summed E-state index contributed by atoms with van der Waals surface area (Å²) < 4.78 is 5.78. The van der Waals surface area contributed by atoms with E-state index in [1.807, 2.05) is 29.2 Å². The number of benzene rings is 1. The van der Waals surface area contributed by atoms with E-state index >= 15 is 0 Å². The quantitative estimate of drug-likeness (QED) is 0.811. The minimum atomic E-state index is 0.157. The summed E-state index contributed by atoms with van der Waals surface area (Å²) in [7, 11) is 2.10. The van der Waals surface area contributed by atoms with Gasteiger partial charge in [-0.2, -0.15) is 0 Å². The molecule has 1 saturated heterocycles. The van der Waals surface area contributed by atoms with Crippen LogP contribution in [0.5, 0.6) is 5.75 Å². The molecule has 0 unspecified atom stereocenters. The molecule has 3 heterocycles. The van der Waals surface area contributed by atoms with Crippen molar-refractivity contribution in [3.05, 3.63) is 40.8 Å². The van der Waals surface area contributed by atoms with Gasteiger partial charge in [-0.1, -0.05) is 12.1 Å². The minimum Gasteiger partial charge on any atom is -0.488 e. The summed E-state index contributed by atoms with van der Waals surface area (Å²) in [5.74, 6) is 1.07. The Morgan fingerprint density at radius 3 is 2.77 bits per heavy atom. The lowest BCUT2D eigenvalue weighted by Crippen LogP contribution is -2.46. The minimum absolute atomic E-state index is 0.157. The molecule has 4 nitrogen and oxygen atoms in total. The van der Waals surface area contributed by atoms with Crippen molar-refractivity contribution in [3.63, 3.8) is 0 Å². The van der Waals surface area contributed by atoms with Crippen molar-refractivity contribution >= 4 is 17.2 Å². The lowest BCUT2D eigenvalue weighted by molar-refractivity contribution is 0.0669. The Bertz CT molecular complexity index is 717. The highest BCUT2D eigenvalue weighted by Crippen LogP contribution is 2.42. The van der Waals surface area contributed by atoms with Gasteiger partial charge >= 0.3 is 0 Å². The zero-order valence-electron chi connectivity index (χ0n) is 12.5. The smallest absolute Gasteiger partial charge is 0.264 e. The first-order valence-corrected chi connectivity index (χ1v) is 8.37. The Hall–Kier alpha value is -1.85. The predicted molar refractivity (Wildman–Crippen MR) is 87.5 cm³/mol. The lowest BCUT2D eigenvalue weighted by atomic mass is 10.1. The van der Waals surface area contributed by atoms with Gasteiger partial charge in [0.1, 0.15) is 12.4 Å². The van der Waals surface area contributed by atoms with Crippen LogP contribution in [0.15, 0.2) is 30.3 Å². The second-order valence-electron chi connectivity index (χ2n) is 5.85. The van der Waals surface area contributed by atoms with Crippen LogP contribution in [0.4, 0.5) is 0 Å². The average molecular weight is 314 g/mol. The van der Waals surface area contributed by atoms with Crippen LogP contribution < -0.4 is 4.74 Å². The third-order valence-corrected chi connectivity index (χ3v) is 5.52. The number of carbonyl (C=O) groups excluding carboxylic acids is 1. The van der Waals surface area contributed by atoms with Crippen LogP contribution in [0.1, 0.15) is 15.2 Å². The van der Waals surface area contributed by atoms with Crippen LogP contribution >= 0.6 is 11.3 Å². The maximum absolute atomic E-state index is 12.7.